The van der Waals surface area contributed by atoms with E-state index in [1.165, 1.54) is 0 Å². The quantitative estimate of drug-likeness (QED) is 0.666. The van der Waals surface area contributed by atoms with Gasteiger partial charge in [-0.15, -0.1) is 11.6 Å². The Bertz CT molecular complexity index is 291. The van der Waals surface area contributed by atoms with Crippen molar-refractivity contribution in [3.05, 3.63) is 18.0 Å². The number of anilines is 1. The number of hydrogen-bond acceptors (Lipinski definition) is 3. The third-order valence-corrected chi connectivity index (χ3v) is 2.91. The lowest BCUT2D eigenvalue weighted by molar-refractivity contribution is 0.575. The Kier molecular flexibility index (Phi) is 2.87. The number of rotatable bonds is 1. The van der Waals surface area contributed by atoms with Crippen molar-refractivity contribution in [1.82, 2.24) is 9.97 Å². The lowest BCUT2D eigenvalue weighted by Gasteiger charge is -2.29. The van der Waals surface area contributed by atoms with Gasteiger partial charge in [-0.3, -0.25) is 0 Å². The maximum atomic E-state index is 6.03. The number of halogens is 1. The van der Waals surface area contributed by atoms with Crippen LogP contribution in [0.2, 0.25) is 0 Å². The number of alkyl halides is 1. The fourth-order valence-corrected chi connectivity index (χ4v) is 1.79. The van der Waals surface area contributed by atoms with Crippen LogP contribution < -0.4 is 4.90 Å². The van der Waals surface area contributed by atoms with Crippen molar-refractivity contribution in [3.63, 3.8) is 0 Å². The average Bonchev–Trinajstić information content (AvgIpc) is 2.21. The molecule has 0 saturated carbocycles. The van der Waals surface area contributed by atoms with Crippen LogP contribution in [0.5, 0.6) is 0 Å². The molecule has 1 aliphatic heterocycles. The van der Waals surface area contributed by atoms with Crippen LogP contribution in [0.25, 0.3) is 0 Å². The molecule has 1 aromatic heterocycles. The summed E-state index contributed by atoms with van der Waals surface area (Å²) in [5, 5.41) is 0.330. The molecule has 0 aromatic carbocycles. The molecule has 1 aliphatic rings. The molecule has 1 saturated heterocycles. The molecule has 0 bridgehead atoms. The molecule has 2 heterocycles. The number of nitrogens with zero attached hydrogens (tertiary/aromatic N) is 3. The van der Waals surface area contributed by atoms with Crippen molar-refractivity contribution >= 4 is 17.5 Å². The highest BCUT2D eigenvalue weighted by atomic mass is 35.5. The Labute approximate surface area is 89.1 Å². The van der Waals surface area contributed by atoms with Gasteiger partial charge in [0, 0.05) is 30.9 Å². The normalized spacial score (nSPS) is 18.6. The van der Waals surface area contributed by atoms with Gasteiger partial charge < -0.3 is 4.90 Å². The zero-order chi connectivity index (χ0) is 9.97. The second-order valence-electron chi connectivity index (χ2n) is 3.72. The van der Waals surface area contributed by atoms with Crippen LogP contribution >= 0.6 is 11.6 Å². The molecule has 0 atom stereocenters. The molecule has 14 heavy (non-hydrogen) atoms. The van der Waals surface area contributed by atoms with Crippen molar-refractivity contribution in [3.8, 4) is 0 Å². The van der Waals surface area contributed by atoms with Crippen LogP contribution in [0.3, 0.4) is 0 Å². The van der Waals surface area contributed by atoms with Crippen molar-refractivity contribution in [2.24, 2.45) is 0 Å². The average molecular weight is 212 g/mol. The van der Waals surface area contributed by atoms with Gasteiger partial charge in [-0.25, -0.2) is 9.97 Å². The molecule has 4 heteroatoms. The maximum absolute atomic E-state index is 6.03. The second-order valence-corrected chi connectivity index (χ2v) is 4.34. The van der Waals surface area contributed by atoms with Gasteiger partial charge in [-0.2, -0.15) is 0 Å². The summed E-state index contributed by atoms with van der Waals surface area (Å²) in [5.41, 5.74) is 1.10. The van der Waals surface area contributed by atoms with E-state index < -0.39 is 0 Å². The van der Waals surface area contributed by atoms with Gasteiger partial charge in [0.1, 0.15) is 0 Å². The first-order valence-corrected chi connectivity index (χ1v) is 5.37. The summed E-state index contributed by atoms with van der Waals surface area (Å²) in [6.45, 7) is 3.93. The highest BCUT2D eigenvalue weighted by Gasteiger charge is 2.18. The van der Waals surface area contributed by atoms with Gasteiger partial charge in [-0.05, 0) is 25.3 Å². The van der Waals surface area contributed by atoms with Gasteiger partial charge in [0.05, 0.1) is 0 Å². The monoisotopic (exact) mass is 211 g/mol. The number of aryl methyl sites for hydroxylation is 1. The molecular weight excluding hydrogens is 198 g/mol. The summed E-state index contributed by atoms with van der Waals surface area (Å²) >= 11 is 6.03. The summed E-state index contributed by atoms with van der Waals surface area (Å²) in [6.07, 6.45) is 5.77. The van der Waals surface area contributed by atoms with Crippen LogP contribution in [0, 0.1) is 6.92 Å². The highest BCUT2D eigenvalue weighted by molar-refractivity contribution is 6.20. The zero-order valence-corrected chi connectivity index (χ0v) is 9.04. The lowest BCUT2D eigenvalue weighted by Crippen LogP contribution is -2.35. The minimum atomic E-state index is 0.330. The number of hydrogen-bond donors (Lipinski definition) is 0. The molecule has 1 aromatic rings. The maximum Gasteiger partial charge on any atom is 0.225 e. The van der Waals surface area contributed by atoms with Crippen molar-refractivity contribution in [2.45, 2.75) is 25.1 Å². The third-order valence-electron chi connectivity index (χ3n) is 2.47. The fraction of sp³-hybridized carbons (Fsp3) is 0.600. The van der Waals surface area contributed by atoms with E-state index in [1.54, 1.807) is 0 Å². The van der Waals surface area contributed by atoms with Crippen LogP contribution in [0.1, 0.15) is 18.4 Å². The molecule has 2 rings (SSSR count). The van der Waals surface area contributed by atoms with E-state index in [9.17, 15) is 0 Å². The molecule has 0 unspecified atom stereocenters. The van der Waals surface area contributed by atoms with Crippen molar-refractivity contribution < 1.29 is 0 Å². The van der Waals surface area contributed by atoms with Crippen LogP contribution in [0.15, 0.2) is 12.4 Å². The van der Waals surface area contributed by atoms with E-state index >= 15 is 0 Å². The molecule has 0 spiro atoms. The van der Waals surface area contributed by atoms with Crippen molar-refractivity contribution in [2.75, 3.05) is 18.0 Å². The molecular formula is C10H14ClN3. The fourth-order valence-electron chi connectivity index (χ4n) is 1.60. The van der Waals surface area contributed by atoms with E-state index in [0.29, 0.717) is 5.38 Å². The molecule has 3 nitrogen and oxygen atoms in total. The second kappa shape index (κ2) is 4.13. The predicted octanol–water partition coefficient (Wildman–Crippen LogP) is 1.99. The summed E-state index contributed by atoms with van der Waals surface area (Å²) < 4.78 is 0. The first kappa shape index (κ1) is 9.71. The smallest absolute Gasteiger partial charge is 0.225 e. The van der Waals surface area contributed by atoms with E-state index in [2.05, 4.69) is 14.9 Å². The van der Waals surface area contributed by atoms with Gasteiger partial charge in [-0.1, -0.05) is 0 Å². The Morgan fingerprint density at radius 3 is 2.43 bits per heavy atom. The minimum absolute atomic E-state index is 0.330. The van der Waals surface area contributed by atoms with Crippen LogP contribution in [-0.4, -0.2) is 28.4 Å². The Hall–Kier alpha value is -0.830. The molecule has 1 fully saturated rings. The minimum Gasteiger partial charge on any atom is -0.341 e. The SMILES string of the molecule is Cc1cnc(N2CCC(Cl)CC2)nc1. The molecule has 76 valence electrons. The first-order valence-electron chi connectivity index (χ1n) is 4.93. The third kappa shape index (κ3) is 2.15. The molecule has 0 amide bonds. The van der Waals surface area contributed by atoms with Crippen LogP contribution in [0.4, 0.5) is 5.95 Å². The first-order chi connectivity index (χ1) is 6.75. The predicted molar refractivity (Wildman–Crippen MR) is 57.9 cm³/mol. The van der Waals surface area contributed by atoms with Crippen LogP contribution in [-0.2, 0) is 0 Å². The Balaban J connectivity index is 2.05. The Morgan fingerprint density at radius 2 is 1.86 bits per heavy atom. The largest absolute Gasteiger partial charge is 0.341 e. The lowest BCUT2D eigenvalue weighted by atomic mass is 10.1. The topological polar surface area (TPSA) is 29.0 Å². The van der Waals surface area contributed by atoms with E-state index in [4.69, 9.17) is 11.6 Å². The molecule has 0 aliphatic carbocycles. The summed E-state index contributed by atoms with van der Waals surface area (Å²) in [6, 6.07) is 0. The Morgan fingerprint density at radius 1 is 1.29 bits per heavy atom. The van der Waals surface area contributed by atoms with E-state index in [-0.39, 0.29) is 0 Å². The van der Waals surface area contributed by atoms with E-state index in [0.717, 1.165) is 37.4 Å². The molecule has 0 radical (unpaired) electrons. The number of aromatic nitrogens is 2. The van der Waals surface area contributed by atoms with Gasteiger partial charge in [0.2, 0.25) is 5.95 Å². The summed E-state index contributed by atoms with van der Waals surface area (Å²) in [4.78, 5) is 10.8. The number of piperidine rings is 1. The zero-order valence-electron chi connectivity index (χ0n) is 8.28. The summed E-state index contributed by atoms with van der Waals surface area (Å²) in [5.74, 6) is 0.833. The standard InChI is InChI=1S/C10H14ClN3/c1-8-6-12-10(13-7-8)14-4-2-9(11)3-5-14/h6-7,9H,2-5H2,1H3. The van der Waals surface area contributed by atoms with Gasteiger partial charge in [0.25, 0.3) is 0 Å². The van der Waals surface area contributed by atoms with E-state index in [1.807, 2.05) is 19.3 Å². The van der Waals surface area contributed by atoms with Gasteiger partial charge in [0.15, 0.2) is 0 Å². The summed E-state index contributed by atoms with van der Waals surface area (Å²) in [7, 11) is 0. The van der Waals surface area contributed by atoms with Gasteiger partial charge >= 0.3 is 0 Å². The van der Waals surface area contributed by atoms with Crippen molar-refractivity contribution in [1.29, 1.82) is 0 Å². The highest BCUT2D eigenvalue weighted by Crippen LogP contribution is 2.18. The molecule has 0 N–H and O–H groups in total.